The quantitative estimate of drug-likeness (QED) is 0.877. The van der Waals surface area contributed by atoms with Crippen LogP contribution >= 0.6 is 0 Å². The van der Waals surface area contributed by atoms with E-state index in [-0.39, 0.29) is 0 Å². The molecule has 0 heterocycles. The van der Waals surface area contributed by atoms with Gasteiger partial charge in [-0.25, -0.2) is 0 Å². The Morgan fingerprint density at radius 2 is 1.70 bits per heavy atom. The standard InChI is InChI=1S/C18H23NO/c1-12-8-9-16(10-14(12)3)18(20)11-19-17-7-5-6-13(2)15(17)4/h5-10,18-20H,11H2,1-4H3. The van der Waals surface area contributed by atoms with E-state index < -0.39 is 6.10 Å². The molecule has 0 aliphatic carbocycles. The highest BCUT2D eigenvalue weighted by atomic mass is 16.3. The molecule has 0 bridgehead atoms. The van der Waals surface area contributed by atoms with Crippen LogP contribution in [-0.2, 0) is 0 Å². The molecule has 0 spiro atoms. The van der Waals surface area contributed by atoms with Gasteiger partial charge in [-0.3, -0.25) is 0 Å². The van der Waals surface area contributed by atoms with Crippen molar-refractivity contribution in [2.75, 3.05) is 11.9 Å². The normalized spacial score (nSPS) is 12.2. The van der Waals surface area contributed by atoms with E-state index in [1.807, 2.05) is 12.1 Å². The molecule has 2 heteroatoms. The number of aliphatic hydroxyl groups excluding tert-OH is 1. The number of benzene rings is 2. The number of aryl methyl sites for hydroxylation is 3. The van der Waals surface area contributed by atoms with Crippen molar-refractivity contribution in [3.8, 4) is 0 Å². The minimum Gasteiger partial charge on any atom is -0.387 e. The summed E-state index contributed by atoms with van der Waals surface area (Å²) in [4.78, 5) is 0. The van der Waals surface area contributed by atoms with Crippen LogP contribution in [0.15, 0.2) is 36.4 Å². The largest absolute Gasteiger partial charge is 0.387 e. The highest BCUT2D eigenvalue weighted by molar-refractivity contribution is 5.53. The van der Waals surface area contributed by atoms with Gasteiger partial charge in [0.2, 0.25) is 0 Å². The first-order valence-corrected chi connectivity index (χ1v) is 7.04. The molecule has 2 aromatic carbocycles. The van der Waals surface area contributed by atoms with Gasteiger partial charge in [-0.1, -0.05) is 30.3 Å². The van der Waals surface area contributed by atoms with E-state index in [2.05, 4.69) is 57.3 Å². The summed E-state index contributed by atoms with van der Waals surface area (Å²) in [5.41, 5.74) is 7.02. The third-order valence-electron chi connectivity index (χ3n) is 4.01. The molecule has 0 fully saturated rings. The predicted molar refractivity (Wildman–Crippen MR) is 85.3 cm³/mol. The van der Waals surface area contributed by atoms with Crippen molar-refractivity contribution in [2.24, 2.45) is 0 Å². The van der Waals surface area contributed by atoms with Crippen LogP contribution in [0.4, 0.5) is 5.69 Å². The number of hydrogen-bond donors (Lipinski definition) is 2. The molecule has 0 saturated heterocycles. The van der Waals surface area contributed by atoms with Gasteiger partial charge in [-0.2, -0.15) is 0 Å². The Hall–Kier alpha value is -1.80. The van der Waals surface area contributed by atoms with Crippen LogP contribution in [0.3, 0.4) is 0 Å². The molecule has 0 saturated carbocycles. The summed E-state index contributed by atoms with van der Waals surface area (Å²) >= 11 is 0. The molecule has 1 unspecified atom stereocenters. The lowest BCUT2D eigenvalue weighted by atomic mass is 10.0. The summed E-state index contributed by atoms with van der Waals surface area (Å²) in [6.45, 7) is 8.87. The van der Waals surface area contributed by atoms with Gasteiger partial charge >= 0.3 is 0 Å². The summed E-state index contributed by atoms with van der Waals surface area (Å²) < 4.78 is 0. The topological polar surface area (TPSA) is 32.3 Å². The molecule has 2 nitrogen and oxygen atoms in total. The summed E-state index contributed by atoms with van der Waals surface area (Å²) in [7, 11) is 0. The Morgan fingerprint density at radius 3 is 2.40 bits per heavy atom. The van der Waals surface area contributed by atoms with E-state index in [1.165, 1.54) is 22.3 Å². The van der Waals surface area contributed by atoms with Crippen LogP contribution in [-0.4, -0.2) is 11.7 Å². The number of aliphatic hydroxyl groups is 1. The second-order valence-electron chi connectivity index (χ2n) is 5.49. The second kappa shape index (κ2) is 6.10. The van der Waals surface area contributed by atoms with Gasteiger partial charge in [0.15, 0.2) is 0 Å². The first-order valence-electron chi connectivity index (χ1n) is 7.04. The lowest BCUT2D eigenvalue weighted by Crippen LogP contribution is -2.13. The van der Waals surface area contributed by atoms with Crippen molar-refractivity contribution in [3.05, 3.63) is 64.2 Å². The molecule has 0 aromatic heterocycles. The summed E-state index contributed by atoms with van der Waals surface area (Å²) in [5, 5.41) is 13.6. The van der Waals surface area contributed by atoms with Crippen molar-refractivity contribution >= 4 is 5.69 Å². The average molecular weight is 269 g/mol. The fraction of sp³-hybridized carbons (Fsp3) is 0.333. The fourth-order valence-corrected chi connectivity index (χ4v) is 2.24. The van der Waals surface area contributed by atoms with Crippen molar-refractivity contribution in [1.82, 2.24) is 0 Å². The zero-order valence-electron chi connectivity index (χ0n) is 12.7. The van der Waals surface area contributed by atoms with Crippen molar-refractivity contribution in [2.45, 2.75) is 33.8 Å². The minimum atomic E-state index is -0.491. The Morgan fingerprint density at radius 1 is 0.950 bits per heavy atom. The number of rotatable bonds is 4. The van der Waals surface area contributed by atoms with Gasteiger partial charge in [0, 0.05) is 12.2 Å². The molecular formula is C18H23NO. The molecule has 2 rings (SSSR count). The highest BCUT2D eigenvalue weighted by Crippen LogP contribution is 2.21. The number of anilines is 1. The summed E-state index contributed by atoms with van der Waals surface area (Å²) in [6.07, 6.45) is -0.491. The van der Waals surface area contributed by atoms with E-state index in [4.69, 9.17) is 0 Å². The third kappa shape index (κ3) is 3.20. The molecule has 2 N–H and O–H groups in total. The first-order chi connectivity index (χ1) is 9.49. The van der Waals surface area contributed by atoms with Crippen LogP contribution < -0.4 is 5.32 Å². The van der Waals surface area contributed by atoms with Gasteiger partial charge in [0.05, 0.1) is 6.10 Å². The van der Waals surface area contributed by atoms with E-state index in [9.17, 15) is 5.11 Å². The SMILES string of the molecule is Cc1ccc(C(O)CNc2cccc(C)c2C)cc1C. The maximum absolute atomic E-state index is 10.3. The zero-order chi connectivity index (χ0) is 14.7. The van der Waals surface area contributed by atoms with E-state index >= 15 is 0 Å². The van der Waals surface area contributed by atoms with E-state index in [0.29, 0.717) is 6.54 Å². The van der Waals surface area contributed by atoms with Crippen LogP contribution in [0.5, 0.6) is 0 Å². The van der Waals surface area contributed by atoms with Crippen LogP contribution in [0, 0.1) is 27.7 Å². The second-order valence-corrected chi connectivity index (χ2v) is 5.49. The van der Waals surface area contributed by atoms with Gasteiger partial charge in [-0.15, -0.1) is 0 Å². The summed E-state index contributed by atoms with van der Waals surface area (Å²) in [6, 6.07) is 12.3. The van der Waals surface area contributed by atoms with Crippen LogP contribution in [0.2, 0.25) is 0 Å². The van der Waals surface area contributed by atoms with Crippen molar-refractivity contribution in [1.29, 1.82) is 0 Å². The van der Waals surface area contributed by atoms with Gasteiger partial charge < -0.3 is 10.4 Å². The molecule has 20 heavy (non-hydrogen) atoms. The van der Waals surface area contributed by atoms with Gasteiger partial charge in [0.1, 0.15) is 0 Å². The molecule has 1 atom stereocenters. The first kappa shape index (κ1) is 14.6. The van der Waals surface area contributed by atoms with E-state index in [1.54, 1.807) is 0 Å². The molecule has 106 valence electrons. The molecule has 2 aromatic rings. The number of hydrogen-bond acceptors (Lipinski definition) is 2. The molecule has 0 amide bonds. The average Bonchev–Trinajstić information content (AvgIpc) is 2.43. The smallest absolute Gasteiger partial charge is 0.0962 e. The van der Waals surface area contributed by atoms with Crippen LogP contribution in [0.1, 0.15) is 33.9 Å². The van der Waals surface area contributed by atoms with Crippen molar-refractivity contribution in [3.63, 3.8) is 0 Å². The Kier molecular flexibility index (Phi) is 4.46. The maximum atomic E-state index is 10.3. The van der Waals surface area contributed by atoms with Gasteiger partial charge in [-0.05, 0) is 61.6 Å². The lowest BCUT2D eigenvalue weighted by Gasteiger charge is -2.16. The van der Waals surface area contributed by atoms with Crippen LogP contribution in [0.25, 0.3) is 0 Å². The lowest BCUT2D eigenvalue weighted by molar-refractivity contribution is 0.191. The monoisotopic (exact) mass is 269 g/mol. The molecule has 0 aliphatic heterocycles. The minimum absolute atomic E-state index is 0.491. The Bertz CT molecular complexity index is 604. The fourth-order valence-electron chi connectivity index (χ4n) is 2.24. The molecule has 0 radical (unpaired) electrons. The Balaban J connectivity index is 2.06. The maximum Gasteiger partial charge on any atom is 0.0962 e. The molecular weight excluding hydrogens is 246 g/mol. The summed E-state index contributed by atoms with van der Waals surface area (Å²) in [5.74, 6) is 0. The van der Waals surface area contributed by atoms with E-state index in [0.717, 1.165) is 11.3 Å². The highest BCUT2D eigenvalue weighted by Gasteiger charge is 2.09. The van der Waals surface area contributed by atoms with Gasteiger partial charge in [0.25, 0.3) is 0 Å². The van der Waals surface area contributed by atoms with Crippen molar-refractivity contribution < 1.29 is 5.11 Å². The number of nitrogens with one attached hydrogen (secondary N) is 1. The third-order valence-corrected chi connectivity index (χ3v) is 4.01. The Labute approximate surface area is 121 Å². The predicted octanol–water partition coefficient (Wildman–Crippen LogP) is 4.07. The molecule has 0 aliphatic rings. The zero-order valence-corrected chi connectivity index (χ0v) is 12.7.